The largest absolute Gasteiger partial charge is 0.496 e. The van der Waals surface area contributed by atoms with E-state index in [1.54, 1.807) is 7.11 Å². The van der Waals surface area contributed by atoms with E-state index in [-0.39, 0.29) is 6.03 Å². The third-order valence-corrected chi connectivity index (χ3v) is 5.56. The first kappa shape index (κ1) is 19.0. The molecule has 2 saturated heterocycles. The molecule has 1 aromatic rings. The first-order valence-electron chi connectivity index (χ1n) is 9.66. The number of urea groups is 1. The lowest BCUT2D eigenvalue weighted by atomic mass is 9.97. The van der Waals surface area contributed by atoms with Crippen molar-refractivity contribution in [2.45, 2.75) is 19.8 Å². The lowest BCUT2D eigenvalue weighted by Crippen LogP contribution is -2.51. The number of ether oxygens (including phenoxy) is 1. The van der Waals surface area contributed by atoms with Gasteiger partial charge in [-0.15, -0.1) is 0 Å². The fourth-order valence-corrected chi connectivity index (χ4v) is 4.02. The lowest BCUT2D eigenvalue weighted by molar-refractivity contribution is 0.109. The number of hydrogen-bond donors (Lipinski definition) is 1. The molecule has 2 aliphatic rings. The summed E-state index contributed by atoms with van der Waals surface area (Å²) in [5.74, 6) is 1.57. The molecule has 0 radical (unpaired) electrons. The molecule has 0 aliphatic carbocycles. The average Bonchev–Trinajstić information content (AvgIpc) is 2.64. The summed E-state index contributed by atoms with van der Waals surface area (Å²) in [5.41, 5.74) is 1.84. The van der Waals surface area contributed by atoms with Crippen LogP contribution < -0.4 is 10.1 Å². The number of rotatable bonds is 4. The molecule has 1 aromatic carbocycles. The molecule has 6 heteroatoms. The van der Waals surface area contributed by atoms with Crippen molar-refractivity contribution in [1.29, 1.82) is 0 Å². The Hall–Kier alpha value is -1.79. The van der Waals surface area contributed by atoms with Crippen molar-refractivity contribution in [3.63, 3.8) is 0 Å². The molecule has 26 heavy (non-hydrogen) atoms. The number of carbonyl (C=O) groups excluding carboxylic acids is 1. The lowest BCUT2D eigenvalue weighted by Gasteiger charge is -2.38. The average molecular weight is 361 g/mol. The summed E-state index contributed by atoms with van der Waals surface area (Å²) in [5, 5.41) is 3.00. The van der Waals surface area contributed by atoms with Crippen LogP contribution >= 0.6 is 0 Å². The van der Waals surface area contributed by atoms with Crippen LogP contribution in [0.15, 0.2) is 18.2 Å². The molecule has 2 aliphatic heterocycles. The molecule has 1 atom stereocenters. The number of piperidine rings is 1. The maximum absolute atomic E-state index is 12.5. The highest BCUT2D eigenvalue weighted by atomic mass is 16.5. The minimum absolute atomic E-state index is 0.0204. The van der Waals surface area contributed by atoms with E-state index in [4.69, 9.17) is 4.74 Å². The number of carbonyl (C=O) groups is 1. The second kappa shape index (κ2) is 8.73. The molecule has 144 valence electrons. The molecule has 0 spiro atoms. The Morgan fingerprint density at radius 3 is 2.69 bits per heavy atom. The Morgan fingerprint density at radius 1 is 1.23 bits per heavy atom. The van der Waals surface area contributed by atoms with Crippen LogP contribution in [0, 0.1) is 12.8 Å². The van der Waals surface area contributed by atoms with Crippen molar-refractivity contribution in [1.82, 2.24) is 14.7 Å². The number of methoxy groups -OCH3 is 1. The number of nitrogens with one attached hydrogen (secondary N) is 1. The number of likely N-dealkylation sites (tertiary alicyclic amines) is 1. The van der Waals surface area contributed by atoms with E-state index in [0.29, 0.717) is 0 Å². The minimum Gasteiger partial charge on any atom is -0.496 e. The van der Waals surface area contributed by atoms with Crippen LogP contribution in [-0.2, 0) is 0 Å². The molecule has 0 unspecified atom stereocenters. The third kappa shape index (κ3) is 4.89. The van der Waals surface area contributed by atoms with E-state index in [1.165, 1.54) is 25.9 Å². The Morgan fingerprint density at radius 2 is 2.00 bits per heavy atom. The maximum atomic E-state index is 12.5. The van der Waals surface area contributed by atoms with Crippen molar-refractivity contribution >= 4 is 11.7 Å². The SMILES string of the molecule is COc1cc(NC(=O)N2CCN(C[C@@H]3CCCN(C)C3)CC2)ccc1C. The summed E-state index contributed by atoms with van der Waals surface area (Å²) in [4.78, 5) is 19.4. The number of anilines is 1. The van der Waals surface area contributed by atoms with Crippen LogP contribution in [0.1, 0.15) is 18.4 Å². The van der Waals surface area contributed by atoms with E-state index in [1.807, 2.05) is 30.0 Å². The van der Waals surface area contributed by atoms with Gasteiger partial charge in [0.05, 0.1) is 7.11 Å². The number of nitrogens with zero attached hydrogens (tertiary/aromatic N) is 3. The fourth-order valence-electron chi connectivity index (χ4n) is 4.02. The van der Waals surface area contributed by atoms with Crippen LogP contribution in [0.25, 0.3) is 0 Å². The molecular formula is C20H32N4O2. The Kier molecular flexibility index (Phi) is 6.38. The number of aryl methyl sites for hydroxylation is 1. The molecule has 1 N–H and O–H groups in total. The van der Waals surface area contributed by atoms with E-state index in [2.05, 4.69) is 22.2 Å². The van der Waals surface area contributed by atoms with Gasteiger partial charge in [0.25, 0.3) is 0 Å². The van der Waals surface area contributed by atoms with E-state index in [0.717, 1.165) is 55.6 Å². The molecule has 6 nitrogen and oxygen atoms in total. The maximum Gasteiger partial charge on any atom is 0.321 e. The van der Waals surface area contributed by atoms with Gasteiger partial charge in [0, 0.05) is 51.0 Å². The molecule has 2 fully saturated rings. The minimum atomic E-state index is -0.0204. The zero-order valence-corrected chi connectivity index (χ0v) is 16.3. The number of piperazine rings is 1. The number of hydrogen-bond acceptors (Lipinski definition) is 4. The highest BCUT2D eigenvalue weighted by Crippen LogP contribution is 2.22. The monoisotopic (exact) mass is 360 g/mol. The van der Waals surface area contributed by atoms with Gasteiger partial charge in [0.15, 0.2) is 0 Å². The smallest absolute Gasteiger partial charge is 0.321 e. The Balaban J connectivity index is 1.46. The van der Waals surface area contributed by atoms with Gasteiger partial charge >= 0.3 is 6.03 Å². The van der Waals surface area contributed by atoms with Gasteiger partial charge in [-0.3, -0.25) is 4.90 Å². The van der Waals surface area contributed by atoms with Gasteiger partial charge < -0.3 is 19.9 Å². The van der Waals surface area contributed by atoms with Crippen LogP contribution in [0.4, 0.5) is 10.5 Å². The van der Waals surface area contributed by atoms with Crippen LogP contribution in [0.3, 0.4) is 0 Å². The molecule has 3 rings (SSSR count). The van der Waals surface area contributed by atoms with E-state index in [9.17, 15) is 4.79 Å². The standard InChI is InChI=1S/C20H32N4O2/c1-16-6-7-18(13-19(16)26-3)21-20(25)24-11-9-23(10-12-24)15-17-5-4-8-22(2)14-17/h6-7,13,17H,4-5,8-12,14-15H2,1-3H3,(H,21,25)/t17-/m1/s1. The van der Waals surface area contributed by atoms with Gasteiger partial charge in [-0.25, -0.2) is 4.79 Å². The number of benzene rings is 1. The van der Waals surface area contributed by atoms with Crippen molar-refractivity contribution in [2.75, 3.05) is 65.3 Å². The molecular weight excluding hydrogens is 328 g/mol. The predicted molar refractivity (Wildman–Crippen MR) is 105 cm³/mol. The fraction of sp³-hybridized carbons (Fsp3) is 0.650. The molecule has 2 heterocycles. The zero-order chi connectivity index (χ0) is 18.5. The quantitative estimate of drug-likeness (QED) is 0.896. The summed E-state index contributed by atoms with van der Waals surface area (Å²) < 4.78 is 5.33. The molecule has 0 aromatic heterocycles. The van der Waals surface area contributed by atoms with Crippen LogP contribution in [-0.4, -0.2) is 80.7 Å². The zero-order valence-electron chi connectivity index (χ0n) is 16.3. The van der Waals surface area contributed by atoms with Crippen molar-refractivity contribution in [3.05, 3.63) is 23.8 Å². The second-order valence-electron chi connectivity index (χ2n) is 7.67. The summed E-state index contributed by atoms with van der Waals surface area (Å²) in [6, 6.07) is 5.75. The highest BCUT2D eigenvalue weighted by Gasteiger charge is 2.25. The first-order valence-corrected chi connectivity index (χ1v) is 9.66. The van der Waals surface area contributed by atoms with Crippen molar-refractivity contribution in [3.8, 4) is 5.75 Å². The topological polar surface area (TPSA) is 48.1 Å². The molecule has 0 bridgehead atoms. The second-order valence-corrected chi connectivity index (χ2v) is 7.67. The van der Waals surface area contributed by atoms with Gasteiger partial charge in [-0.05, 0) is 50.9 Å². The Labute approximate surface area is 157 Å². The summed E-state index contributed by atoms with van der Waals surface area (Å²) >= 11 is 0. The van der Waals surface area contributed by atoms with Crippen LogP contribution in [0.5, 0.6) is 5.75 Å². The number of amides is 2. The van der Waals surface area contributed by atoms with Crippen molar-refractivity contribution < 1.29 is 9.53 Å². The normalized spacial score (nSPS) is 22.3. The first-order chi connectivity index (χ1) is 12.5. The summed E-state index contributed by atoms with van der Waals surface area (Å²) in [7, 11) is 3.87. The molecule has 0 saturated carbocycles. The van der Waals surface area contributed by atoms with E-state index >= 15 is 0 Å². The van der Waals surface area contributed by atoms with Crippen molar-refractivity contribution in [2.24, 2.45) is 5.92 Å². The van der Waals surface area contributed by atoms with Crippen LogP contribution in [0.2, 0.25) is 0 Å². The Bertz CT molecular complexity index is 614. The van der Waals surface area contributed by atoms with Gasteiger partial charge in [-0.1, -0.05) is 6.07 Å². The van der Waals surface area contributed by atoms with Gasteiger partial charge in [-0.2, -0.15) is 0 Å². The van der Waals surface area contributed by atoms with Gasteiger partial charge in [0.1, 0.15) is 5.75 Å². The third-order valence-electron chi connectivity index (χ3n) is 5.56. The van der Waals surface area contributed by atoms with Gasteiger partial charge in [0.2, 0.25) is 0 Å². The summed E-state index contributed by atoms with van der Waals surface area (Å²) in [6.07, 6.45) is 2.64. The van der Waals surface area contributed by atoms with E-state index < -0.39 is 0 Å². The summed E-state index contributed by atoms with van der Waals surface area (Å²) in [6.45, 7) is 9.09. The molecule has 2 amide bonds. The predicted octanol–water partition coefficient (Wildman–Crippen LogP) is 2.49. The highest BCUT2D eigenvalue weighted by molar-refractivity contribution is 5.89.